The van der Waals surface area contributed by atoms with Crippen LogP contribution in [-0.2, 0) is 13.0 Å². The second kappa shape index (κ2) is 9.64. The number of methoxy groups -OCH3 is 1. The Kier molecular flexibility index (Phi) is 6.50. The number of pyridine rings is 1. The summed E-state index contributed by atoms with van der Waals surface area (Å²) < 4.78 is 7.72. The number of imidazole rings is 1. The molecule has 0 saturated heterocycles. The number of unbranched alkanes of at least 4 members (excludes halogenated alkanes) is 1. The number of nitrogens with zero attached hydrogens (tertiary/aromatic N) is 3. The summed E-state index contributed by atoms with van der Waals surface area (Å²) in [4.78, 5) is 22.4. The van der Waals surface area contributed by atoms with E-state index < -0.39 is 0 Å². The van der Waals surface area contributed by atoms with Crippen molar-refractivity contribution in [3.8, 4) is 5.75 Å². The maximum absolute atomic E-state index is 12.6. The van der Waals surface area contributed by atoms with Crippen LogP contribution in [0.4, 0.5) is 5.69 Å². The summed E-state index contributed by atoms with van der Waals surface area (Å²) in [7, 11) is 1.69. The van der Waals surface area contributed by atoms with E-state index in [1.165, 1.54) is 0 Å². The number of benzene rings is 2. The van der Waals surface area contributed by atoms with Crippen molar-refractivity contribution in [1.82, 2.24) is 14.5 Å². The molecule has 6 nitrogen and oxygen atoms in total. The molecule has 0 fully saturated rings. The maximum atomic E-state index is 12.6. The van der Waals surface area contributed by atoms with Crippen LogP contribution >= 0.6 is 0 Å². The molecule has 0 unspecified atom stereocenters. The van der Waals surface area contributed by atoms with Crippen LogP contribution in [0, 0.1) is 6.92 Å². The number of aromatic nitrogens is 3. The second-order valence-corrected chi connectivity index (χ2v) is 7.81. The van der Waals surface area contributed by atoms with Gasteiger partial charge in [-0.05, 0) is 37.6 Å². The van der Waals surface area contributed by atoms with Gasteiger partial charge >= 0.3 is 0 Å². The monoisotopic (exact) mass is 428 g/mol. The van der Waals surface area contributed by atoms with Crippen LogP contribution < -0.4 is 10.1 Å². The molecule has 0 atom stereocenters. The number of nitrogens with one attached hydrogen (secondary N) is 1. The quantitative estimate of drug-likeness (QED) is 0.408. The van der Waals surface area contributed by atoms with E-state index in [2.05, 4.69) is 22.9 Å². The van der Waals surface area contributed by atoms with E-state index >= 15 is 0 Å². The third-order valence-electron chi connectivity index (χ3n) is 5.55. The Morgan fingerprint density at radius 2 is 1.81 bits per heavy atom. The third kappa shape index (κ3) is 4.49. The highest BCUT2D eigenvalue weighted by molar-refractivity contribution is 6.05. The molecular formula is C26H28N4O2. The van der Waals surface area contributed by atoms with Crippen molar-refractivity contribution in [2.24, 2.45) is 0 Å². The molecule has 0 aliphatic heterocycles. The predicted octanol–water partition coefficient (Wildman–Crippen LogP) is 5.39. The van der Waals surface area contributed by atoms with E-state index in [0.29, 0.717) is 17.8 Å². The SMILES string of the molecule is CCCCc1nc2cc(NC(=O)c3ccccc3)c(C)nc2n1Cc1ccccc1OC. The molecule has 0 saturated carbocycles. The largest absolute Gasteiger partial charge is 0.496 e. The van der Waals surface area contributed by atoms with E-state index in [1.54, 1.807) is 19.2 Å². The lowest BCUT2D eigenvalue weighted by atomic mass is 10.2. The first-order valence-corrected chi connectivity index (χ1v) is 11.0. The Bertz CT molecular complexity index is 1230. The van der Waals surface area contributed by atoms with Gasteiger partial charge in [0.25, 0.3) is 5.91 Å². The molecule has 0 aliphatic carbocycles. The van der Waals surface area contributed by atoms with Crippen molar-refractivity contribution in [2.75, 3.05) is 12.4 Å². The standard InChI is InChI=1S/C26H28N4O2/c1-4-5-15-24-28-22-16-21(29-26(31)19-11-7-6-8-12-19)18(2)27-25(22)30(24)17-20-13-9-10-14-23(20)32-3/h6-14,16H,4-5,15,17H2,1-3H3,(H,29,31). The first kappa shape index (κ1) is 21.6. The van der Waals surface area contributed by atoms with Gasteiger partial charge in [-0.3, -0.25) is 4.79 Å². The van der Waals surface area contributed by atoms with Crippen LogP contribution in [0.2, 0.25) is 0 Å². The smallest absolute Gasteiger partial charge is 0.255 e. The highest BCUT2D eigenvalue weighted by atomic mass is 16.5. The van der Waals surface area contributed by atoms with Gasteiger partial charge < -0.3 is 14.6 Å². The first-order valence-electron chi connectivity index (χ1n) is 11.0. The van der Waals surface area contributed by atoms with Crippen LogP contribution in [0.1, 0.15) is 47.2 Å². The number of amides is 1. The van der Waals surface area contributed by atoms with Gasteiger partial charge in [0.2, 0.25) is 0 Å². The van der Waals surface area contributed by atoms with E-state index in [-0.39, 0.29) is 5.91 Å². The number of carbonyl (C=O) groups excluding carboxylic acids is 1. The van der Waals surface area contributed by atoms with Gasteiger partial charge in [-0.2, -0.15) is 0 Å². The van der Waals surface area contributed by atoms with Crippen LogP contribution in [0.25, 0.3) is 11.2 Å². The summed E-state index contributed by atoms with van der Waals surface area (Å²) in [6.07, 6.45) is 3.00. The van der Waals surface area contributed by atoms with Gasteiger partial charge in [0.1, 0.15) is 17.1 Å². The summed E-state index contributed by atoms with van der Waals surface area (Å²) >= 11 is 0. The van der Waals surface area contributed by atoms with Crippen molar-refractivity contribution in [3.63, 3.8) is 0 Å². The van der Waals surface area contributed by atoms with Crippen molar-refractivity contribution in [1.29, 1.82) is 0 Å². The predicted molar refractivity (Wildman–Crippen MR) is 127 cm³/mol. The van der Waals surface area contributed by atoms with Crippen molar-refractivity contribution in [2.45, 2.75) is 39.7 Å². The Morgan fingerprint density at radius 1 is 1.06 bits per heavy atom. The lowest BCUT2D eigenvalue weighted by molar-refractivity contribution is 0.102. The average molecular weight is 429 g/mol. The molecule has 2 aromatic carbocycles. The maximum Gasteiger partial charge on any atom is 0.255 e. The zero-order chi connectivity index (χ0) is 22.5. The zero-order valence-corrected chi connectivity index (χ0v) is 18.8. The van der Waals surface area contributed by atoms with Crippen LogP contribution in [0.15, 0.2) is 60.7 Å². The van der Waals surface area contributed by atoms with Gasteiger partial charge in [-0.15, -0.1) is 0 Å². The summed E-state index contributed by atoms with van der Waals surface area (Å²) in [5, 5.41) is 2.99. The zero-order valence-electron chi connectivity index (χ0n) is 18.8. The van der Waals surface area contributed by atoms with Crippen molar-refractivity contribution >= 4 is 22.8 Å². The van der Waals surface area contributed by atoms with Gasteiger partial charge in [-0.1, -0.05) is 49.7 Å². The number of ether oxygens (including phenoxy) is 1. The topological polar surface area (TPSA) is 69.0 Å². The molecule has 0 aliphatic rings. The van der Waals surface area contributed by atoms with E-state index in [9.17, 15) is 4.79 Å². The fourth-order valence-corrected chi connectivity index (χ4v) is 3.79. The Hall–Kier alpha value is -3.67. The molecule has 2 heterocycles. The van der Waals surface area contributed by atoms with Crippen molar-refractivity contribution in [3.05, 3.63) is 83.3 Å². The number of hydrogen-bond acceptors (Lipinski definition) is 4. The van der Waals surface area contributed by atoms with Crippen LogP contribution in [-0.4, -0.2) is 27.6 Å². The summed E-state index contributed by atoms with van der Waals surface area (Å²) in [5.41, 5.74) is 4.71. The van der Waals surface area contributed by atoms with Gasteiger partial charge in [-0.25, -0.2) is 9.97 Å². The van der Waals surface area contributed by atoms with Gasteiger partial charge in [0.05, 0.1) is 25.0 Å². The van der Waals surface area contributed by atoms with Crippen LogP contribution in [0.3, 0.4) is 0 Å². The molecule has 0 spiro atoms. The van der Waals surface area contributed by atoms with Crippen molar-refractivity contribution < 1.29 is 9.53 Å². The lowest BCUT2D eigenvalue weighted by Gasteiger charge is -2.13. The molecule has 4 aromatic rings. The summed E-state index contributed by atoms with van der Waals surface area (Å²) in [6.45, 7) is 4.71. The Labute approximate surface area is 188 Å². The average Bonchev–Trinajstić information content (AvgIpc) is 3.14. The molecule has 2 aromatic heterocycles. The lowest BCUT2D eigenvalue weighted by Crippen LogP contribution is -2.13. The second-order valence-electron chi connectivity index (χ2n) is 7.81. The molecule has 4 rings (SSSR count). The summed E-state index contributed by atoms with van der Waals surface area (Å²) in [5.74, 6) is 1.68. The Morgan fingerprint density at radius 3 is 2.56 bits per heavy atom. The van der Waals surface area contributed by atoms with Crippen LogP contribution in [0.5, 0.6) is 5.75 Å². The number of rotatable bonds is 8. The normalized spacial score (nSPS) is 11.0. The molecule has 1 amide bonds. The van der Waals surface area contributed by atoms with E-state index in [4.69, 9.17) is 14.7 Å². The minimum absolute atomic E-state index is 0.158. The van der Waals surface area contributed by atoms with Gasteiger partial charge in [0, 0.05) is 17.5 Å². The summed E-state index contributed by atoms with van der Waals surface area (Å²) in [6, 6.07) is 19.1. The number of carbonyl (C=O) groups is 1. The molecule has 0 radical (unpaired) electrons. The van der Waals surface area contributed by atoms with E-state index in [1.807, 2.05) is 49.4 Å². The molecule has 164 valence electrons. The molecule has 6 heteroatoms. The highest BCUT2D eigenvalue weighted by Gasteiger charge is 2.17. The fourth-order valence-electron chi connectivity index (χ4n) is 3.79. The first-order chi connectivity index (χ1) is 15.6. The fraction of sp³-hybridized carbons (Fsp3) is 0.269. The number of aryl methyl sites for hydroxylation is 2. The molecule has 0 bridgehead atoms. The number of para-hydroxylation sites is 1. The molecular weight excluding hydrogens is 400 g/mol. The number of fused-ring (bicyclic) bond motifs is 1. The third-order valence-corrected chi connectivity index (χ3v) is 5.55. The number of anilines is 1. The number of hydrogen-bond donors (Lipinski definition) is 1. The van der Waals surface area contributed by atoms with E-state index in [0.717, 1.165) is 53.3 Å². The van der Waals surface area contributed by atoms with Gasteiger partial charge in [0.15, 0.2) is 5.65 Å². The minimum atomic E-state index is -0.158. The molecule has 32 heavy (non-hydrogen) atoms. The Balaban J connectivity index is 1.73. The highest BCUT2D eigenvalue weighted by Crippen LogP contribution is 2.26. The minimum Gasteiger partial charge on any atom is -0.496 e. The molecule has 1 N–H and O–H groups in total.